The molecule has 2 fully saturated rings. The summed E-state index contributed by atoms with van der Waals surface area (Å²) in [4.78, 5) is 10.6. The van der Waals surface area contributed by atoms with Crippen LogP contribution in [0.25, 0.3) is 6.08 Å². The third-order valence-corrected chi connectivity index (χ3v) is 6.71. The molecule has 1 aromatic carbocycles. The molecule has 0 radical (unpaired) electrons. The Bertz CT molecular complexity index is 877. The van der Waals surface area contributed by atoms with Crippen molar-refractivity contribution in [2.75, 3.05) is 7.11 Å². The van der Waals surface area contributed by atoms with Crippen molar-refractivity contribution in [3.05, 3.63) is 47.4 Å². The number of benzene rings is 1. The van der Waals surface area contributed by atoms with E-state index in [2.05, 4.69) is 4.72 Å². The summed E-state index contributed by atoms with van der Waals surface area (Å²) in [6.45, 7) is 0. The summed E-state index contributed by atoms with van der Waals surface area (Å²) in [7, 11) is -2.03. The second kappa shape index (κ2) is 10.2. The van der Waals surface area contributed by atoms with E-state index in [1.807, 2.05) is 12.2 Å². The molecular weight excluding hydrogens is 406 g/mol. The van der Waals surface area contributed by atoms with E-state index in [4.69, 9.17) is 14.6 Å². The minimum atomic E-state index is -3.61. The van der Waals surface area contributed by atoms with Crippen molar-refractivity contribution in [2.24, 2.45) is 5.92 Å². The van der Waals surface area contributed by atoms with Gasteiger partial charge in [-0.2, -0.15) is 0 Å². The molecule has 0 saturated carbocycles. The molecule has 2 heterocycles. The number of hydrogen-bond donors (Lipinski definition) is 2. The highest BCUT2D eigenvalue weighted by Crippen LogP contribution is 2.41. The highest BCUT2D eigenvalue weighted by atomic mass is 32.2. The first kappa shape index (κ1) is 22.5. The van der Waals surface area contributed by atoms with E-state index in [9.17, 15) is 13.2 Å². The summed E-state index contributed by atoms with van der Waals surface area (Å²) in [5.41, 5.74) is 0.770. The average Bonchev–Trinajstić information content (AvgIpc) is 3.31. The van der Waals surface area contributed by atoms with Crippen LogP contribution in [0.3, 0.4) is 0 Å². The summed E-state index contributed by atoms with van der Waals surface area (Å²) >= 11 is 0. The fourth-order valence-corrected chi connectivity index (χ4v) is 5.21. The summed E-state index contributed by atoms with van der Waals surface area (Å²) in [6.07, 6.45) is 9.51. The second-order valence-electron chi connectivity index (χ2n) is 7.71. The first-order valence-corrected chi connectivity index (χ1v) is 11.8. The molecule has 4 unspecified atom stereocenters. The molecule has 4 atom stereocenters. The lowest BCUT2D eigenvalue weighted by molar-refractivity contribution is -0.137. The van der Waals surface area contributed by atoms with Crippen molar-refractivity contribution < 1.29 is 27.8 Å². The van der Waals surface area contributed by atoms with Gasteiger partial charge in [0.15, 0.2) is 0 Å². The van der Waals surface area contributed by atoms with Crippen LogP contribution in [0.2, 0.25) is 0 Å². The summed E-state index contributed by atoms with van der Waals surface area (Å²) in [6, 6.07) is 6.90. The summed E-state index contributed by atoms with van der Waals surface area (Å²) in [5, 5.41) is 9.87. The van der Waals surface area contributed by atoms with Crippen LogP contribution in [0.5, 0.6) is 5.75 Å². The van der Waals surface area contributed by atoms with Gasteiger partial charge in [0.2, 0.25) is 10.0 Å². The van der Waals surface area contributed by atoms with E-state index in [0.29, 0.717) is 25.0 Å². The first-order chi connectivity index (χ1) is 14.4. The predicted molar refractivity (Wildman–Crippen MR) is 115 cm³/mol. The van der Waals surface area contributed by atoms with E-state index in [-0.39, 0.29) is 30.6 Å². The van der Waals surface area contributed by atoms with Gasteiger partial charge in [-0.15, -0.1) is 0 Å². The number of fused-ring (bicyclic) bond motifs is 2. The SMILES string of the molecule is COc1ccc(/C=C/S(=O)(=O)NC2C3CCC(O3)C2C/C=C/CCCC(=O)O)cc1. The Kier molecular flexibility index (Phi) is 7.69. The van der Waals surface area contributed by atoms with Crippen LogP contribution in [0.4, 0.5) is 0 Å². The maximum absolute atomic E-state index is 12.6. The van der Waals surface area contributed by atoms with Crippen molar-refractivity contribution in [1.29, 1.82) is 0 Å². The minimum absolute atomic E-state index is 0.0666. The fourth-order valence-electron chi connectivity index (χ4n) is 4.09. The summed E-state index contributed by atoms with van der Waals surface area (Å²) in [5.74, 6) is 0.0109. The molecule has 3 rings (SSSR count). The molecule has 30 heavy (non-hydrogen) atoms. The number of carboxylic acids is 1. The number of hydrogen-bond acceptors (Lipinski definition) is 5. The normalized spacial score (nSPS) is 26.0. The zero-order valence-electron chi connectivity index (χ0n) is 17.1. The number of sulfonamides is 1. The lowest BCUT2D eigenvalue weighted by atomic mass is 9.83. The van der Waals surface area contributed by atoms with Gasteiger partial charge in [0.25, 0.3) is 0 Å². The Morgan fingerprint density at radius 3 is 2.67 bits per heavy atom. The molecule has 164 valence electrons. The maximum Gasteiger partial charge on any atom is 0.303 e. The quantitative estimate of drug-likeness (QED) is 0.408. The molecule has 2 bridgehead atoms. The van der Waals surface area contributed by atoms with Crippen LogP contribution in [0.15, 0.2) is 41.8 Å². The lowest BCUT2D eigenvalue weighted by Crippen LogP contribution is -2.46. The van der Waals surface area contributed by atoms with Gasteiger partial charge in [0, 0.05) is 17.7 Å². The Hall–Kier alpha value is -2.16. The Morgan fingerprint density at radius 2 is 1.97 bits per heavy atom. The fraction of sp³-hybridized carbons (Fsp3) is 0.500. The summed E-state index contributed by atoms with van der Waals surface area (Å²) < 4.78 is 39.2. The molecule has 8 heteroatoms. The lowest BCUT2D eigenvalue weighted by Gasteiger charge is -2.27. The molecule has 0 aromatic heterocycles. The van der Waals surface area contributed by atoms with Crippen molar-refractivity contribution in [3.8, 4) is 5.75 Å². The number of carbonyl (C=O) groups is 1. The predicted octanol–water partition coefficient (Wildman–Crippen LogP) is 3.33. The zero-order chi connectivity index (χ0) is 21.6. The number of aliphatic carboxylic acids is 1. The van der Waals surface area contributed by atoms with Crippen LogP contribution in [-0.2, 0) is 19.6 Å². The molecule has 1 aromatic rings. The van der Waals surface area contributed by atoms with Crippen molar-refractivity contribution in [3.63, 3.8) is 0 Å². The van der Waals surface area contributed by atoms with Crippen LogP contribution in [0, 0.1) is 5.92 Å². The number of unbranched alkanes of at least 4 members (excludes halogenated alkanes) is 1. The number of nitrogens with one attached hydrogen (secondary N) is 1. The van der Waals surface area contributed by atoms with Gasteiger partial charge >= 0.3 is 5.97 Å². The van der Waals surface area contributed by atoms with E-state index in [1.54, 1.807) is 37.5 Å². The maximum atomic E-state index is 12.6. The van der Waals surface area contributed by atoms with Gasteiger partial charge in [0.1, 0.15) is 5.75 Å². The minimum Gasteiger partial charge on any atom is -0.497 e. The molecular formula is C22H29NO6S. The third kappa shape index (κ3) is 6.17. The highest BCUT2D eigenvalue weighted by molar-refractivity contribution is 7.92. The molecule has 2 aliphatic rings. The standard InChI is InChI=1S/C22H29NO6S/c1-28-17-10-8-16(9-11-17)14-15-30(26,27)23-22-18(19-12-13-20(22)29-19)6-4-2-3-5-7-21(24)25/h2,4,8-11,14-15,18-20,22-23H,3,5-7,12-13H2,1H3,(H,24,25)/b4-2+,15-14+. The molecule has 7 nitrogen and oxygen atoms in total. The second-order valence-corrected chi connectivity index (χ2v) is 9.31. The molecule has 0 spiro atoms. The van der Waals surface area contributed by atoms with Crippen molar-refractivity contribution >= 4 is 22.1 Å². The van der Waals surface area contributed by atoms with E-state index < -0.39 is 16.0 Å². The Morgan fingerprint density at radius 1 is 1.23 bits per heavy atom. The molecule has 2 N–H and O–H groups in total. The number of carboxylic acid groups (broad SMARTS) is 1. The van der Waals surface area contributed by atoms with Gasteiger partial charge in [0.05, 0.1) is 25.4 Å². The molecule has 0 amide bonds. The van der Waals surface area contributed by atoms with E-state index >= 15 is 0 Å². The Balaban J connectivity index is 1.57. The average molecular weight is 436 g/mol. The van der Waals surface area contributed by atoms with Gasteiger partial charge in [-0.3, -0.25) is 4.79 Å². The Labute approximate surface area is 177 Å². The topological polar surface area (TPSA) is 102 Å². The number of ether oxygens (including phenoxy) is 2. The van der Waals surface area contributed by atoms with Crippen molar-refractivity contribution in [1.82, 2.24) is 4.72 Å². The monoisotopic (exact) mass is 435 g/mol. The number of rotatable bonds is 11. The molecule has 2 saturated heterocycles. The largest absolute Gasteiger partial charge is 0.497 e. The smallest absolute Gasteiger partial charge is 0.303 e. The third-order valence-electron chi connectivity index (χ3n) is 5.62. The zero-order valence-corrected chi connectivity index (χ0v) is 17.9. The molecule has 0 aliphatic carbocycles. The number of allylic oxidation sites excluding steroid dienone is 2. The molecule has 2 aliphatic heterocycles. The highest BCUT2D eigenvalue weighted by Gasteiger charge is 2.49. The number of methoxy groups -OCH3 is 1. The van der Waals surface area contributed by atoms with Crippen LogP contribution >= 0.6 is 0 Å². The van der Waals surface area contributed by atoms with Crippen molar-refractivity contribution in [2.45, 2.75) is 56.8 Å². The van der Waals surface area contributed by atoms with E-state index in [1.165, 1.54) is 5.41 Å². The van der Waals surface area contributed by atoms with Crippen LogP contribution in [0.1, 0.15) is 44.1 Å². The van der Waals surface area contributed by atoms with Gasteiger partial charge in [-0.25, -0.2) is 13.1 Å². The first-order valence-electron chi connectivity index (χ1n) is 10.2. The van der Waals surface area contributed by atoms with Crippen LogP contribution < -0.4 is 9.46 Å². The van der Waals surface area contributed by atoms with Crippen LogP contribution in [-0.4, -0.2) is 44.9 Å². The van der Waals surface area contributed by atoms with E-state index in [0.717, 1.165) is 18.4 Å². The van der Waals surface area contributed by atoms with Gasteiger partial charge < -0.3 is 14.6 Å². The van der Waals surface area contributed by atoms with Gasteiger partial charge in [-0.05, 0) is 55.9 Å². The van der Waals surface area contributed by atoms with Gasteiger partial charge in [-0.1, -0.05) is 24.3 Å².